The molecule has 0 bridgehead atoms. The minimum Gasteiger partial charge on any atom is -0.366 e. The molecule has 0 saturated heterocycles. The van der Waals surface area contributed by atoms with Gasteiger partial charge in [-0.1, -0.05) is 111 Å². The maximum atomic E-state index is 9.82. The number of nitrogens with two attached hydrogens (primary N) is 1. The Hall–Kier alpha value is -0.830. The third-order valence-corrected chi connectivity index (χ3v) is 4.52. The van der Waals surface area contributed by atoms with Crippen LogP contribution in [0.25, 0.3) is 0 Å². The van der Waals surface area contributed by atoms with Crippen LogP contribution < -0.4 is 5.73 Å². The zero-order chi connectivity index (χ0) is 22.3. The second-order valence-corrected chi connectivity index (χ2v) is 9.05. The normalized spacial score (nSPS) is 10.4. The molecule has 28 heavy (non-hydrogen) atoms. The predicted octanol–water partition coefficient (Wildman–Crippen LogP) is 7.25. The summed E-state index contributed by atoms with van der Waals surface area (Å²) < 4.78 is 1.09. The summed E-state index contributed by atoms with van der Waals surface area (Å²) in [5.74, 6) is -0.435. The Balaban J connectivity index is -0.000000397. The van der Waals surface area contributed by atoms with Crippen LogP contribution in [0.1, 0.15) is 118 Å². The molecule has 0 aliphatic rings. The van der Waals surface area contributed by atoms with Crippen molar-refractivity contribution in [1.82, 2.24) is 0 Å². The van der Waals surface area contributed by atoms with E-state index >= 15 is 0 Å². The summed E-state index contributed by atoms with van der Waals surface area (Å²) in [5, 5.41) is 0. The summed E-state index contributed by atoms with van der Waals surface area (Å²) in [5.41, 5.74) is 5.09. The molecule has 0 radical (unpaired) electrons. The fourth-order valence-corrected chi connectivity index (χ4v) is 2.76. The largest absolute Gasteiger partial charge is 0.366 e. The minimum absolute atomic E-state index is 0.398. The number of rotatable bonds is 15. The van der Waals surface area contributed by atoms with E-state index < -0.39 is 5.91 Å². The Labute approximate surface area is 178 Å². The molecule has 0 spiro atoms. The number of nitrogens with zero attached hydrogens (tertiary/aromatic N) is 1. The molecular formula is C25H55N2O+. The van der Waals surface area contributed by atoms with Crippen molar-refractivity contribution in [2.45, 2.75) is 118 Å². The standard InChI is InChI=1S/C15H32.C6H16N.C4H7NO/c1-3-5-7-9-11-13-15-14-12-10-8-6-4-2;1-5-6-7(2,3)4;1-3(2)4(5)6/h3-15H2,1-2H3;5-6H2,1-4H3;1H2,2H3,(H2,5,6)/q;+1;. The summed E-state index contributed by atoms with van der Waals surface area (Å²) in [7, 11) is 6.64. The third-order valence-electron chi connectivity index (χ3n) is 4.52. The van der Waals surface area contributed by atoms with Gasteiger partial charge in [-0.05, 0) is 13.3 Å². The van der Waals surface area contributed by atoms with Crippen molar-refractivity contribution in [1.29, 1.82) is 0 Å². The number of carbonyl (C=O) groups excluding carboxylic acids is 1. The van der Waals surface area contributed by atoms with Gasteiger partial charge in [-0.15, -0.1) is 0 Å². The fraction of sp³-hybridized carbons (Fsp3) is 0.880. The molecule has 0 aromatic heterocycles. The van der Waals surface area contributed by atoms with Crippen molar-refractivity contribution in [3.8, 4) is 0 Å². The van der Waals surface area contributed by atoms with Gasteiger partial charge in [0.1, 0.15) is 0 Å². The SMILES string of the molecule is C=C(C)C(N)=O.CCCCCCCCCCCCCCC.CCC[N+](C)(C)C. The van der Waals surface area contributed by atoms with E-state index in [0.29, 0.717) is 5.57 Å². The smallest absolute Gasteiger partial charge is 0.243 e. The van der Waals surface area contributed by atoms with Crippen molar-refractivity contribution < 1.29 is 9.28 Å². The number of unbranched alkanes of at least 4 members (excludes halogenated alkanes) is 12. The van der Waals surface area contributed by atoms with E-state index in [0.717, 1.165) is 4.48 Å². The molecule has 3 heteroatoms. The highest BCUT2D eigenvalue weighted by Crippen LogP contribution is 2.12. The van der Waals surface area contributed by atoms with Crippen LogP contribution in [0.3, 0.4) is 0 Å². The van der Waals surface area contributed by atoms with E-state index in [-0.39, 0.29) is 0 Å². The van der Waals surface area contributed by atoms with Crippen LogP contribution in [0.15, 0.2) is 12.2 Å². The van der Waals surface area contributed by atoms with Crippen LogP contribution in [0.4, 0.5) is 0 Å². The lowest BCUT2D eigenvalue weighted by molar-refractivity contribution is -0.870. The van der Waals surface area contributed by atoms with E-state index in [1.165, 1.54) is 96.4 Å². The van der Waals surface area contributed by atoms with E-state index in [4.69, 9.17) is 5.73 Å². The van der Waals surface area contributed by atoms with Crippen molar-refractivity contribution in [3.63, 3.8) is 0 Å². The summed E-state index contributed by atoms with van der Waals surface area (Å²) in [6, 6.07) is 0. The van der Waals surface area contributed by atoms with Gasteiger partial charge in [0.15, 0.2) is 0 Å². The molecule has 0 atom stereocenters. The maximum absolute atomic E-state index is 9.82. The average Bonchev–Trinajstić information content (AvgIpc) is 2.59. The Kier molecular flexibility index (Phi) is 27.5. The fourth-order valence-electron chi connectivity index (χ4n) is 2.76. The van der Waals surface area contributed by atoms with Crippen molar-refractivity contribution in [2.24, 2.45) is 5.73 Å². The zero-order valence-electron chi connectivity index (χ0n) is 20.7. The lowest BCUT2D eigenvalue weighted by Crippen LogP contribution is -2.34. The highest BCUT2D eigenvalue weighted by molar-refractivity contribution is 5.90. The van der Waals surface area contributed by atoms with Crippen molar-refractivity contribution in [2.75, 3.05) is 27.7 Å². The summed E-state index contributed by atoms with van der Waals surface area (Å²) in [6.07, 6.45) is 20.2. The van der Waals surface area contributed by atoms with E-state index in [2.05, 4.69) is 48.5 Å². The molecule has 0 aliphatic heterocycles. The van der Waals surface area contributed by atoms with Crippen LogP contribution in [0, 0.1) is 0 Å². The maximum Gasteiger partial charge on any atom is 0.243 e. The molecule has 0 heterocycles. The number of quaternary nitrogens is 1. The average molecular weight is 400 g/mol. The first-order valence-electron chi connectivity index (χ1n) is 11.9. The molecule has 2 N–H and O–H groups in total. The van der Waals surface area contributed by atoms with Gasteiger partial charge in [0, 0.05) is 5.57 Å². The number of carbonyl (C=O) groups is 1. The Morgan fingerprint density at radius 1 is 0.679 bits per heavy atom. The monoisotopic (exact) mass is 399 g/mol. The molecular weight excluding hydrogens is 344 g/mol. The lowest BCUT2D eigenvalue weighted by Gasteiger charge is -2.22. The van der Waals surface area contributed by atoms with E-state index in [1.807, 2.05) is 0 Å². The highest BCUT2D eigenvalue weighted by Gasteiger charge is 2.01. The Morgan fingerprint density at radius 2 is 0.929 bits per heavy atom. The van der Waals surface area contributed by atoms with Gasteiger partial charge in [-0.2, -0.15) is 0 Å². The molecule has 0 aliphatic carbocycles. The Bertz CT molecular complexity index is 308. The molecule has 0 aromatic carbocycles. The molecule has 0 fully saturated rings. The van der Waals surface area contributed by atoms with Crippen LogP contribution in [0.5, 0.6) is 0 Å². The first-order valence-corrected chi connectivity index (χ1v) is 11.9. The van der Waals surface area contributed by atoms with Crippen LogP contribution in [-0.4, -0.2) is 38.1 Å². The molecule has 0 saturated carbocycles. The van der Waals surface area contributed by atoms with Crippen molar-refractivity contribution in [3.05, 3.63) is 12.2 Å². The molecule has 0 unspecified atom stereocenters. The first kappa shape index (κ1) is 31.9. The van der Waals surface area contributed by atoms with Crippen LogP contribution >= 0.6 is 0 Å². The van der Waals surface area contributed by atoms with E-state index in [1.54, 1.807) is 6.92 Å². The summed E-state index contributed by atoms with van der Waals surface area (Å²) in [6.45, 7) is 12.9. The van der Waals surface area contributed by atoms with E-state index in [9.17, 15) is 4.79 Å². The zero-order valence-corrected chi connectivity index (χ0v) is 20.7. The van der Waals surface area contributed by atoms with Crippen LogP contribution in [-0.2, 0) is 4.79 Å². The third kappa shape index (κ3) is 40.0. The van der Waals surface area contributed by atoms with Gasteiger partial charge in [-0.3, -0.25) is 4.79 Å². The van der Waals surface area contributed by atoms with Gasteiger partial charge in [0.25, 0.3) is 0 Å². The van der Waals surface area contributed by atoms with Gasteiger partial charge >= 0.3 is 0 Å². The summed E-state index contributed by atoms with van der Waals surface area (Å²) >= 11 is 0. The van der Waals surface area contributed by atoms with Gasteiger partial charge in [0.2, 0.25) is 5.91 Å². The quantitative estimate of drug-likeness (QED) is 0.176. The summed E-state index contributed by atoms with van der Waals surface area (Å²) in [4.78, 5) is 9.82. The minimum atomic E-state index is -0.435. The molecule has 1 amide bonds. The highest BCUT2D eigenvalue weighted by atomic mass is 16.1. The number of hydrogen-bond donors (Lipinski definition) is 1. The van der Waals surface area contributed by atoms with Gasteiger partial charge in [0.05, 0.1) is 27.7 Å². The number of primary amides is 1. The Morgan fingerprint density at radius 3 is 1.04 bits per heavy atom. The first-order chi connectivity index (χ1) is 13.1. The number of hydrogen-bond acceptors (Lipinski definition) is 1. The second kappa shape index (κ2) is 24.2. The molecule has 0 aromatic rings. The number of amides is 1. The topological polar surface area (TPSA) is 43.1 Å². The van der Waals surface area contributed by atoms with Crippen LogP contribution in [0.2, 0.25) is 0 Å². The molecule has 3 nitrogen and oxygen atoms in total. The van der Waals surface area contributed by atoms with Crippen molar-refractivity contribution >= 4 is 5.91 Å². The molecule has 0 rings (SSSR count). The van der Waals surface area contributed by atoms with Gasteiger partial charge in [-0.25, -0.2) is 0 Å². The lowest BCUT2D eigenvalue weighted by atomic mass is 10.1. The van der Waals surface area contributed by atoms with Gasteiger partial charge < -0.3 is 10.2 Å². The second-order valence-electron chi connectivity index (χ2n) is 9.05. The molecule has 170 valence electrons. The predicted molar refractivity (Wildman–Crippen MR) is 129 cm³/mol.